The molecular weight excluding hydrogens is 236 g/mol. The summed E-state index contributed by atoms with van der Waals surface area (Å²) in [6, 6.07) is 4.27. The molecule has 1 aromatic heterocycles. The molecule has 0 N–H and O–H groups in total. The molecule has 0 unspecified atom stereocenters. The zero-order valence-corrected chi connectivity index (χ0v) is 12.1. The van der Waals surface area contributed by atoms with Crippen molar-refractivity contribution in [2.75, 3.05) is 19.7 Å². The monoisotopic (exact) mass is 260 g/mol. The number of hydrogen-bond acceptors (Lipinski definition) is 3. The van der Waals surface area contributed by atoms with E-state index in [2.05, 4.69) is 29.8 Å². The minimum Gasteiger partial charge on any atom is -0.378 e. The maximum Gasteiger partial charge on any atom is 0.0576 e. The van der Waals surface area contributed by atoms with Gasteiger partial charge in [-0.3, -0.25) is 9.88 Å². The third-order valence-electron chi connectivity index (χ3n) is 4.29. The summed E-state index contributed by atoms with van der Waals surface area (Å²) in [6.45, 7) is 8.53. The lowest BCUT2D eigenvalue weighted by molar-refractivity contribution is 0.0291. The minimum atomic E-state index is 0.348. The molecule has 1 saturated carbocycles. The number of hydrogen-bond donors (Lipinski definition) is 0. The van der Waals surface area contributed by atoms with Crippen LogP contribution >= 0.6 is 0 Å². The number of ether oxygens (including phenoxy) is 1. The number of fused-ring (bicyclic) bond motifs is 1. The maximum absolute atomic E-state index is 5.84. The molecule has 1 aliphatic carbocycles. The zero-order chi connectivity index (χ0) is 13.3. The third-order valence-corrected chi connectivity index (χ3v) is 4.29. The summed E-state index contributed by atoms with van der Waals surface area (Å²) in [7, 11) is 0. The van der Waals surface area contributed by atoms with Gasteiger partial charge in [-0.1, -0.05) is 6.07 Å². The molecule has 2 heterocycles. The van der Waals surface area contributed by atoms with Crippen LogP contribution in [-0.2, 0) is 17.7 Å². The molecule has 1 aromatic rings. The fourth-order valence-electron chi connectivity index (χ4n) is 2.89. The first-order valence-electron chi connectivity index (χ1n) is 7.44. The Morgan fingerprint density at radius 1 is 1.42 bits per heavy atom. The Labute approximate surface area is 116 Å². The SMILES string of the molecule is CC(C)OCC1(CN2CCc3cccnc3C2)CC1. The molecule has 3 rings (SSSR count). The lowest BCUT2D eigenvalue weighted by atomic mass is 10.0. The lowest BCUT2D eigenvalue weighted by Gasteiger charge is -2.31. The van der Waals surface area contributed by atoms with Gasteiger partial charge in [-0.2, -0.15) is 0 Å². The summed E-state index contributed by atoms with van der Waals surface area (Å²) in [5.74, 6) is 0. The van der Waals surface area contributed by atoms with Crippen molar-refractivity contribution in [2.45, 2.75) is 45.8 Å². The molecule has 1 aliphatic heterocycles. The fraction of sp³-hybridized carbons (Fsp3) is 0.688. The van der Waals surface area contributed by atoms with Crippen molar-refractivity contribution in [3.63, 3.8) is 0 Å². The van der Waals surface area contributed by atoms with Crippen LogP contribution in [0, 0.1) is 5.41 Å². The van der Waals surface area contributed by atoms with Crippen LogP contribution in [0.5, 0.6) is 0 Å². The molecule has 0 atom stereocenters. The number of aromatic nitrogens is 1. The van der Waals surface area contributed by atoms with E-state index in [-0.39, 0.29) is 0 Å². The van der Waals surface area contributed by atoms with Crippen LogP contribution in [0.1, 0.15) is 37.9 Å². The maximum atomic E-state index is 5.84. The molecule has 3 nitrogen and oxygen atoms in total. The van der Waals surface area contributed by atoms with Gasteiger partial charge in [0.25, 0.3) is 0 Å². The minimum absolute atomic E-state index is 0.348. The van der Waals surface area contributed by atoms with Crippen LogP contribution in [0.25, 0.3) is 0 Å². The second-order valence-electron chi connectivity index (χ2n) is 6.43. The van der Waals surface area contributed by atoms with Gasteiger partial charge in [0.15, 0.2) is 0 Å². The summed E-state index contributed by atoms with van der Waals surface area (Å²) >= 11 is 0. The van der Waals surface area contributed by atoms with Crippen molar-refractivity contribution in [3.05, 3.63) is 29.6 Å². The van der Waals surface area contributed by atoms with Gasteiger partial charge in [-0.25, -0.2) is 0 Å². The van der Waals surface area contributed by atoms with Gasteiger partial charge < -0.3 is 4.74 Å². The highest BCUT2D eigenvalue weighted by Gasteiger charge is 2.44. The summed E-state index contributed by atoms with van der Waals surface area (Å²) < 4.78 is 5.84. The van der Waals surface area contributed by atoms with E-state index in [0.717, 1.165) is 19.6 Å². The van der Waals surface area contributed by atoms with E-state index in [1.165, 1.54) is 37.2 Å². The second-order valence-corrected chi connectivity index (χ2v) is 6.43. The van der Waals surface area contributed by atoms with Crippen molar-refractivity contribution in [1.29, 1.82) is 0 Å². The van der Waals surface area contributed by atoms with E-state index in [0.29, 0.717) is 11.5 Å². The second kappa shape index (κ2) is 5.22. The Kier molecular flexibility index (Phi) is 3.59. The topological polar surface area (TPSA) is 25.4 Å². The molecule has 1 fully saturated rings. The lowest BCUT2D eigenvalue weighted by Crippen LogP contribution is -2.37. The Morgan fingerprint density at radius 3 is 3.00 bits per heavy atom. The largest absolute Gasteiger partial charge is 0.378 e. The predicted octanol–water partition coefficient (Wildman–Crippen LogP) is 2.64. The first-order chi connectivity index (χ1) is 9.17. The zero-order valence-electron chi connectivity index (χ0n) is 12.1. The first-order valence-corrected chi connectivity index (χ1v) is 7.44. The summed E-state index contributed by atoms with van der Waals surface area (Å²) in [4.78, 5) is 7.08. The highest BCUT2D eigenvalue weighted by Crippen LogP contribution is 2.47. The molecule has 0 saturated heterocycles. The third kappa shape index (κ3) is 3.15. The summed E-state index contributed by atoms with van der Waals surface area (Å²) in [5.41, 5.74) is 3.15. The van der Waals surface area contributed by atoms with Gasteiger partial charge in [0.1, 0.15) is 0 Å². The van der Waals surface area contributed by atoms with E-state index in [9.17, 15) is 0 Å². The highest BCUT2D eigenvalue weighted by molar-refractivity contribution is 5.22. The molecule has 0 radical (unpaired) electrons. The molecular formula is C16H24N2O. The van der Waals surface area contributed by atoms with E-state index < -0.39 is 0 Å². The van der Waals surface area contributed by atoms with Gasteiger partial charge in [0, 0.05) is 31.2 Å². The van der Waals surface area contributed by atoms with E-state index >= 15 is 0 Å². The van der Waals surface area contributed by atoms with E-state index in [1.54, 1.807) is 0 Å². The van der Waals surface area contributed by atoms with Crippen LogP contribution in [-0.4, -0.2) is 35.7 Å². The molecule has 19 heavy (non-hydrogen) atoms. The standard InChI is InChI=1S/C16H24N2O/c1-13(2)19-12-16(6-7-16)11-18-9-5-14-4-3-8-17-15(14)10-18/h3-4,8,13H,5-7,9-12H2,1-2H3. The molecule has 104 valence electrons. The van der Waals surface area contributed by atoms with Crippen molar-refractivity contribution in [1.82, 2.24) is 9.88 Å². The number of nitrogens with zero attached hydrogens (tertiary/aromatic N) is 2. The predicted molar refractivity (Wildman–Crippen MR) is 76.0 cm³/mol. The molecule has 3 heteroatoms. The van der Waals surface area contributed by atoms with Crippen LogP contribution < -0.4 is 0 Å². The van der Waals surface area contributed by atoms with Gasteiger partial charge in [-0.05, 0) is 44.7 Å². The van der Waals surface area contributed by atoms with Crippen molar-refractivity contribution >= 4 is 0 Å². The summed E-state index contributed by atoms with van der Waals surface area (Å²) in [6.07, 6.45) is 6.05. The van der Waals surface area contributed by atoms with Crippen molar-refractivity contribution in [3.8, 4) is 0 Å². The van der Waals surface area contributed by atoms with Crippen LogP contribution in [0.2, 0.25) is 0 Å². The van der Waals surface area contributed by atoms with Gasteiger partial charge >= 0.3 is 0 Å². The normalized spacial score (nSPS) is 21.4. The van der Waals surface area contributed by atoms with Crippen molar-refractivity contribution < 1.29 is 4.74 Å². The van der Waals surface area contributed by atoms with E-state index in [1.807, 2.05) is 12.3 Å². The highest BCUT2D eigenvalue weighted by atomic mass is 16.5. The summed E-state index contributed by atoms with van der Waals surface area (Å²) in [5, 5.41) is 0. The Morgan fingerprint density at radius 2 is 2.26 bits per heavy atom. The average Bonchev–Trinajstić information content (AvgIpc) is 3.17. The molecule has 0 amide bonds. The first kappa shape index (κ1) is 13.1. The van der Waals surface area contributed by atoms with Crippen molar-refractivity contribution in [2.24, 2.45) is 5.41 Å². The Bertz CT molecular complexity index is 440. The molecule has 0 aromatic carbocycles. The number of pyridine rings is 1. The Balaban J connectivity index is 1.57. The van der Waals surface area contributed by atoms with Gasteiger partial charge in [0.05, 0.1) is 18.4 Å². The molecule has 0 spiro atoms. The smallest absolute Gasteiger partial charge is 0.0576 e. The fourth-order valence-corrected chi connectivity index (χ4v) is 2.89. The molecule has 0 bridgehead atoms. The molecule has 2 aliphatic rings. The van der Waals surface area contributed by atoms with Crippen LogP contribution in [0.3, 0.4) is 0 Å². The van der Waals surface area contributed by atoms with Gasteiger partial charge in [0.2, 0.25) is 0 Å². The van der Waals surface area contributed by atoms with Gasteiger partial charge in [-0.15, -0.1) is 0 Å². The van der Waals surface area contributed by atoms with Crippen LogP contribution in [0.4, 0.5) is 0 Å². The Hall–Kier alpha value is -0.930. The van der Waals surface area contributed by atoms with Crippen LogP contribution in [0.15, 0.2) is 18.3 Å². The number of rotatable bonds is 5. The van der Waals surface area contributed by atoms with E-state index in [4.69, 9.17) is 4.74 Å². The average molecular weight is 260 g/mol. The quantitative estimate of drug-likeness (QED) is 0.814.